The number of rotatable bonds is 0. The molecule has 0 heterocycles. The van der Waals surface area contributed by atoms with Crippen LogP contribution in [0.15, 0.2) is 21.1 Å². The summed E-state index contributed by atoms with van der Waals surface area (Å²) in [5.41, 5.74) is 0. The zero-order valence-electron chi connectivity index (χ0n) is 13.3. The molecule has 0 aromatic heterocycles. The third-order valence-corrected chi connectivity index (χ3v) is 5.21. The number of phenols is 2. The van der Waals surface area contributed by atoms with Crippen molar-refractivity contribution in [3.05, 3.63) is 21.1 Å². The molecule has 1 aromatic rings. The first-order valence-electron chi connectivity index (χ1n) is 8.48. The van der Waals surface area contributed by atoms with Crippen LogP contribution in [0.4, 0.5) is 0 Å². The van der Waals surface area contributed by atoms with Crippen LogP contribution < -0.4 is 0 Å². The van der Waals surface area contributed by atoms with Crippen LogP contribution in [0.1, 0.15) is 77.0 Å². The van der Waals surface area contributed by atoms with Gasteiger partial charge in [0.25, 0.3) is 0 Å². The molecule has 0 unspecified atom stereocenters. The predicted molar refractivity (Wildman–Crippen MR) is 101 cm³/mol. The molecular formula is C18H28Br2O2. The summed E-state index contributed by atoms with van der Waals surface area (Å²) in [6.45, 7) is 0. The van der Waals surface area contributed by atoms with Crippen LogP contribution in [0, 0.1) is 0 Å². The Labute approximate surface area is 151 Å². The number of hydrogen-bond acceptors (Lipinski definition) is 2. The van der Waals surface area contributed by atoms with E-state index in [1.54, 1.807) is 0 Å². The Morgan fingerprint density at radius 3 is 1.00 bits per heavy atom. The largest absolute Gasteiger partial charge is 0.508 e. The molecule has 126 valence electrons. The Bertz CT molecular complexity index is 356. The fourth-order valence-electron chi connectivity index (χ4n) is 2.67. The van der Waals surface area contributed by atoms with Crippen molar-refractivity contribution in [2.45, 2.75) is 77.0 Å². The molecule has 0 saturated heterocycles. The third kappa shape index (κ3) is 9.04. The molecule has 0 spiro atoms. The van der Waals surface area contributed by atoms with Crippen molar-refractivity contribution in [2.75, 3.05) is 0 Å². The second-order valence-electron chi connectivity index (χ2n) is 6.00. The average molecular weight is 436 g/mol. The van der Waals surface area contributed by atoms with Crippen molar-refractivity contribution in [1.29, 1.82) is 0 Å². The van der Waals surface area contributed by atoms with E-state index in [0.29, 0.717) is 8.95 Å². The zero-order chi connectivity index (χ0) is 16.2. The minimum atomic E-state index is 0.0952. The highest BCUT2D eigenvalue weighted by Crippen LogP contribution is 2.35. The Morgan fingerprint density at radius 2 is 0.773 bits per heavy atom. The molecule has 2 nitrogen and oxygen atoms in total. The highest BCUT2D eigenvalue weighted by atomic mass is 79.9. The van der Waals surface area contributed by atoms with Gasteiger partial charge in [-0.25, -0.2) is 0 Å². The summed E-state index contributed by atoms with van der Waals surface area (Å²) < 4.78 is 0.943. The minimum absolute atomic E-state index is 0.0952. The predicted octanol–water partition coefficient (Wildman–Crippen LogP) is 7.30. The molecule has 0 aliphatic heterocycles. The summed E-state index contributed by atoms with van der Waals surface area (Å²) in [5.74, 6) is 0.203. The zero-order valence-corrected chi connectivity index (χ0v) is 16.5. The van der Waals surface area contributed by atoms with Crippen LogP contribution in [-0.4, -0.2) is 10.2 Å². The van der Waals surface area contributed by atoms with Crippen LogP contribution >= 0.6 is 31.9 Å². The van der Waals surface area contributed by atoms with Crippen molar-refractivity contribution in [3.63, 3.8) is 0 Å². The summed E-state index contributed by atoms with van der Waals surface area (Å²) in [6.07, 6.45) is 18.0. The average Bonchev–Trinajstić information content (AvgIpc) is 2.46. The molecule has 2 N–H and O–H groups in total. The van der Waals surface area contributed by atoms with Gasteiger partial charge in [0.2, 0.25) is 0 Å². The summed E-state index contributed by atoms with van der Waals surface area (Å²) in [5, 5.41) is 18.1. The van der Waals surface area contributed by atoms with Gasteiger partial charge in [-0.05, 0) is 44.0 Å². The molecule has 22 heavy (non-hydrogen) atoms. The van der Waals surface area contributed by atoms with E-state index in [4.69, 9.17) is 10.2 Å². The molecule has 0 radical (unpaired) electrons. The fourth-order valence-corrected chi connectivity index (χ4v) is 3.84. The lowest BCUT2D eigenvalue weighted by atomic mass is 10.0. The van der Waals surface area contributed by atoms with Gasteiger partial charge in [0, 0.05) is 0 Å². The number of halogens is 2. The maximum atomic E-state index is 9.13. The molecule has 1 aliphatic carbocycles. The summed E-state index contributed by atoms with van der Waals surface area (Å²) in [6, 6.07) is 2.83. The lowest BCUT2D eigenvalue weighted by Gasteiger charge is -2.05. The van der Waals surface area contributed by atoms with Gasteiger partial charge in [0.05, 0.1) is 8.95 Å². The van der Waals surface area contributed by atoms with Gasteiger partial charge in [-0.1, -0.05) is 77.0 Å². The normalized spacial score (nSPS) is 17.5. The monoisotopic (exact) mass is 434 g/mol. The maximum Gasteiger partial charge on any atom is 0.144 e. The van der Waals surface area contributed by atoms with E-state index < -0.39 is 0 Å². The molecule has 1 saturated carbocycles. The topological polar surface area (TPSA) is 40.5 Å². The summed E-state index contributed by atoms with van der Waals surface area (Å²) >= 11 is 6.11. The standard InChI is InChI=1S/C12H24.C6H4Br2O2/c1-2-4-6-8-10-12-11-9-7-5-3-1;7-4-1-3(9)2-5(8)6(4)10/h1-12H2;1-2,9-10H. The molecule has 0 bridgehead atoms. The van der Waals surface area contributed by atoms with E-state index in [2.05, 4.69) is 31.9 Å². The van der Waals surface area contributed by atoms with Crippen LogP contribution in [0.3, 0.4) is 0 Å². The Hall–Kier alpha value is -0.220. The maximum absolute atomic E-state index is 9.13. The lowest BCUT2D eigenvalue weighted by Crippen LogP contribution is -1.85. The van der Waals surface area contributed by atoms with Gasteiger partial charge >= 0.3 is 0 Å². The number of hydrogen-bond donors (Lipinski definition) is 2. The van der Waals surface area contributed by atoms with E-state index in [1.165, 1.54) is 89.2 Å². The molecular weight excluding hydrogens is 408 g/mol. The van der Waals surface area contributed by atoms with E-state index >= 15 is 0 Å². The Balaban J connectivity index is 0.000000224. The van der Waals surface area contributed by atoms with Crippen LogP contribution in [-0.2, 0) is 0 Å². The molecule has 0 atom stereocenters. The van der Waals surface area contributed by atoms with Crippen molar-refractivity contribution in [2.24, 2.45) is 0 Å². The first-order chi connectivity index (χ1) is 10.6. The number of aromatic hydroxyl groups is 2. The van der Waals surface area contributed by atoms with Crippen LogP contribution in [0.5, 0.6) is 11.5 Å². The highest BCUT2D eigenvalue weighted by Gasteiger charge is 2.03. The second kappa shape index (κ2) is 12.2. The first kappa shape index (κ1) is 19.8. The van der Waals surface area contributed by atoms with E-state index in [-0.39, 0.29) is 11.5 Å². The highest BCUT2D eigenvalue weighted by molar-refractivity contribution is 9.11. The van der Waals surface area contributed by atoms with E-state index in [0.717, 1.165) is 0 Å². The Morgan fingerprint density at radius 1 is 0.545 bits per heavy atom. The van der Waals surface area contributed by atoms with Gasteiger partial charge in [0.15, 0.2) is 0 Å². The van der Waals surface area contributed by atoms with Gasteiger partial charge in [0.1, 0.15) is 11.5 Å². The fraction of sp³-hybridized carbons (Fsp3) is 0.667. The molecule has 2 rings (SSSR count). The molecule has 1 aliphatic rings. The molecule has 1 fully saturated rings. The van der Waals surface area contributed by atoms with Gasteiger partial charge < -0.3 is 10.2 Å². The number of benzene rings is 1. The number of phenolic OH excluding ortho intramolecular Hbond substituents is 2. The van der Waals surface area contributed by atoms with E-state index in [9.17, 15) is 0 Å². The van der Waals surface area contributed by atoms with E-state index in [1.807, 2.05) is 0 Å². The SMILES string of the molecule is C1CCCCCCCCCCC1.Oc1cc(Br)c(O)c(Br)c1. The molecule has 0 amide bonds. The van der Waals surface area contributed by atoms with Crippen molar-refractivity contribution < 1.29 is 10.2 Å². The Kier molecular flexibility index (Phi) is 11.0. The van der Waals surface area contributed by atoms with Crippen molar-refractivity contribution in [1.82, 2.24) is 0 Å². The van der Waals surface area contributed by atoms with Gasteiger partial charge in [-0.15, -0.1) is 0 Å². The first-order valence-corrected chi connectivity index (χ1v) is 10.1. The molecule has 4 heteroatoms. The lowest BCUT2D eigenvalue weighted by molar-refractivity contribution is 0.454. The van der Waals surface area contributed by atoms with Crippen LogP contribution in [0.2, 0.25) is 0 Å². The van der Waals surface area contributed by atoms with Gasteiger partial charge in [-0.2, -0.15) is 0 Å². The van der Waals surface area contributed by atoms with Crippen LogP contribution in [0.25, 0.3) is 0 Å². The quantitative estimate of drug-likeness (QED) is 0.419. The van der Waals surface area contributed by atoms with Gasteiger partial charge in [-0.3, -0.25) is 0 Å². The second-order valence-corrected chi connectivity index (χ2v) is 7.71. The van der Waals surface area contributed by atoms with Crippen molar-refractivity contribution >= 4 is 31.9 Å². The minimum Gasteiger partial charge on any atom is -0.508 e. The third-order valence-electron chi connectivity index (χ3n) is 4.00. The summed E-state index contributed by atoms with van der Waals surface area (Å²) in [7, 11) is 0. The molecule has 1 aromatic carbocycles. The van der Waals surface area contributed by atoms with Crippen molar-refractivity contribution in [3.8, 4) is 11.5 Å². The summed E-state index contributed by atoms with van der Waals surface area (Å²) in [4.78, 5) is 0. The smallest absolute Gasteiger partial charge is 0.144 e.